The van der Waals surface area contributed by atoms with Crippen molar-refractivity contribution in [3.63, 3.8) is 0 Å². The number of oxime groups is 1. The first-order valence-electron chi connectivity index (χ1n) is 8.41. The molecule has 0 aliphatic rings. The van der Waals surface area contributed by atoms with Crippen molar-refractivity contribution >= 4 is 29.2 Å². The zero-order valence-electron chi connectivity index (χ0n) is 15.8. The number of hydrogen-bond donors (Lipinski definition) is 1. The molecule has 2 aromatic carbocycles. The number of nitrogens with zero attached hydrogens (tertiary/aromatic N) is 1. The lowest BCUT2D eigenvalue weighted by Gasteiger charge is -2.11. The first-order chi connectivity index (χ1) is 13.4. The second-order valence-electron chi connectivity index (χ2n) is 5.60. The summed E-state index contributed by atoms with van der Waals surface area (Å²) in [6, 6.07) is 12.5. The van der Waals surface area contributed by atoms with Gasteiger partial charge in [-0.2, -0.15) is 0 Å². The molecule has 0 heterocycles. The Hall–Kier alpha value is -2.84. The van der Waals surface area contributed by atoms with Gasteiger partial charge in [0.15, 0.2) is 11.5 Å². The molecule has 0 aliphatic heterocycles. The molecule has 0 saturated carbocycles. The number of methoxy groups -OCH3 is 1. The van der Waals surface area contributed by atoms with Crippen LogP contribution in [0, 0.1) is 0 Å². The number of ether oxygens (including phenoxy) is 2. The van der Waals surface area contributed by atoms with E-state index in [1.807, 2.05) is 24.3 Å². The number of hydrogen-bond acceptors (Lipinski definition) is 8. The van der Waals surface area contributed by atoms with Crippen molar-refractivity contribution in [2.24, 2.45) is 5.16 Å². The summed E-state index contributed by atoms with van der Waals surface area (Å²) in [7, 11) is 1.55. The first kappa shape index (κ1) is 21.5. The highest BCUT2D eigenvalue weighted by atomic mass is 32.2. The van der Waals surface area contributed by atoms with E-state index < -0.39 is 5.97 Å². The minimum Gasteiger partial charge on any atom is -0.493 e. The molecular formula is C20H21NO6S. The number of aliphatic hydroxyl groups is 1. The van der Waals surface area contributed by atoms with Crippen LogP contribution in [-0.2, 0) is 9.63 Å². The molecule has 2 rings (SSSR count). The highest BCUT2D eigenvalue weighted by molar-refractivity contribution is 7.99. The monoisotopic (exact) mass is 403 g/mol. The molecule has 0 unspecified atom stereocenters. The van der Waals surface area contributed by atoms with E-state index in [1.165, 1.54) is 25.6 Å². The Labute approximate surface area is 167 Å². The lowest BCUT2D eigenvalue weighted by molar-refractivity contribution is -0.140. The Morgan fingerprint density at radius 2 is 1.71 bits per heavy atom. The number of ketones is 1. The van der Waals surface area contributed by atoms with E-state index in [4.69, 9.17) is 14.6 Å². The van der Waals surface area contributed by atoms with Crippen molar-refractivity contribution in [2.45, 2.75) is 23.6 Å². The molecule has 148 valence electrons. The zero-order valence-corrected chi connectivity index (χ0v) is 16.6. The lowest BCUT2D eigenvalue weighted by atomic mass is 10.1. The van der Waals surface area contributed by atoms with Gasteiger partial charge in [-0.15, -0.1) is 0 Å². The van der Waals surface area contributed by atoms with Crippen LogP contribution in [0.4, 0.5) is 0 Å². The molecule has 0 amide bonds. The summed E-state index contributed by atoms with van der Waals surface area (Å²) < 4.78 is 10.7. The topological polar surface area (TPSA) is 94.4 Å². The van der Waals surface area contributed by atoms with Crippen molar-refractivity contribution in [3.05, 3.63) is 48.0 Å². The highest BCUT2D eigenvalue weighted by Gasteiger charge is 2.12. The minimum absolute atomic E-state index is 0.0736. The van der Waals surface area contributed by atoms with Crippen LogP contribution in [-0.4, -0.2) is 42.9 Å². The van der Waals surface area contributed by atoms with Crippen LogP contribution >= 0.6 is 11.8 Å². The molecule has 1 N–H and O–H groups in total. The number of aliphatic hydroxyl groups excluding tert-OH is 1. The molecule has 0 fully saturated rings. The predicted octanol–water partition coefficient (Wildman–Crippen LogP) is 3.34. The van der Waals surface area contributed by atoms with Crippen LogP contribution < -0.4 is 9.47 Å². The van der Waals surface area contributed by atoms with Crippen molar-refractivity contribution in [1.82, 2.24) is 0 Å². The van der Waals surface area contributed by atoms with E-state index in [0.29, 0.717) is 17.1 Å². The second-order valence-corrected chi connectivity index (χ2v) is 6.75. The third kappa shape index (κ3) is 6.11. The average Bonchev–Trinajstić information content (AvgIpc) is 2.70. The Morgan fingerprint density at radius 1 is 1.04 bits per heavy atom. The fourth-order valence-corrected chi connectivity index (χ4v) is 3.03. The predicted molar refractivity (Wildman–Crippen MR) is 105 cm³/mol. The molecule has 0 atom stereocenters. The van der Waals surface area contributed by atoms with Crippen LogP contribution in [0.15, 0.2) is 57.4 Å². The minimum atomic E-state index is -0.581. The van der Waals surface area contributed by atoms with Crippen LogP contribution in [0.1, 0.15) is 24.2 Å². The largest absolute Gasteiger partial charge is 0.493 e. The van der Waals surface area contributed by atoms with Crippen molar-refractivity contribution < 1.29 is 29.0 Å². The average molecular weight is 403 g/mol. The SMILES string of the molecule is COc1cc(Sc2ccc(C(=O)/C(C)=N/OC(C)=O)cc2)ccc1OCCO. The van der Waals surface area contributed by atoms with Gasteiger partial charge in [-0.1, -0.05) is 16.9 Å². The van der Waals surface area contributed by atoms with Gasteiger partial charge in [-0.05, 0) is 49.4 Å². The molecule has 0 aliphatic carbocycles. The summed E-state index contributed by atoms with van der Waals surface area (Å²) in [5, 5.41) is 12.4. The molecule has 8 heteroatoms. The second kappa shape index (κ2) is 10.5. The standard InChI is InChI=1S/C20H21NO6S/c1-13(21-27-14(2)23)20(24)15-4-6-16(7-5-15)28-17-8-9-18(26-11-10-22)19(12-17)25-3/h4-9,12,22H,10-11H2,1-3H3/b21-13+. The summed E-state index contributed by atoms with van der Waals surface area (Å²) in [5.41, 5.74) is 0.543. The lowest BCUT2D eigenvalue weighted by Crippen LogP contribution is -2.11. The highest BCUT2D eigenvalue weighted by Crippen LogP contribution is 2.35. The number of carbonyl (C=O) groups is 2. The number of benzene rings is 2. The van der Waals surface area contributed by atoms with Gasteiger partial charge < -0.3 is 19.4 Å². The Morgan fingerprint density at radius 3 is 2.32 bits per heavy atom. The van der Waals surface area contributed by atoms with Gasteiger partial charge in [0, 0.05) is 22.3 Å². The fourth-order valence-electron chi connectivity index (χ4n) is 2.18. The van der Waals surface area contributed by atoms with Crippen molar-refractivity contribution in [2.75, 3.05) is 20.3 Å². The van der Waals surface area contributed by atoms with Gasteiger partial charge in [0.1, 0.15) is 12.3 Å². The van der Waals surface area contributed by atoms with E-state index in [0.717, 1.165) is 9.79 Å². The maximum absolute atomic E-state index is 12.3. The maximum atomic E-state index is 12.3. The number of rotatable bonds is 9. The molecule has 7 nitrogen and oxygen atoms in total. The summed E-state index contributed by atoms with van der Waals surface area (Å²) in [4.78, 5) is 29.4. The summed E-state index contributed by atoms with van der Waals surface area (Å²) in [6.45, 7) is 2.82. The third-order valence-electron chi connectivity index (χ3n) is 3.48. The van der Waals surface area contributed by atoms with E-state index in [-0.39, 0.29) is 24.7 Å². The van der Waals surface area contributed by atoms with E-state index in [9.17, 15) is 9.59 Å². The van der Waals surface area contributed by atoms with Gasteiger partial charge >= 0.3 is 5.97 Å². The zero-order chi connectivity index (χ0) is 20.5. The smallest absolute Gasteiger partial charge is 0.331 e. The summed E-state index contributed by atoms with van der Waals surface area (Å²) >= 11 is 1.50. The van der Waals surface area contributed by atoms with Crippen LogP contribution in [0.2, 0.25) is 0 Å². The van der Waals surface area contributed by atoms with Gasteiger partial charge in [0.05, 0.1) is 13.7 Å². The Kier molecular flexibility index (Phi) is 8.03. The first-order valence-corrected chi connectivity index (χ1v) is 9.22. The van der Waals surface area contributed by atoms with Gasteiger partial charge in [-0.3, -0.25) is 4.79 Å². The van der Waals surface area contributed by atoms with Crippen molar-refractivity contribution in [1.29, 1.82) is 0 Å². The molecule has 2 aromatic rings. The van der Waals surface area contributed by atoms with Gasteiger partial charge in [-0.25, -0.2) is 4.79 Å². The molecule has 0 spiro atoms. The quantitative estimate of drug-likeness (QED) is 0.297. The van der Waals surface area contributed by atoms with E-state index in [1.54, 1.807) is 25.3 Å². The molecular weight excluding hydrogens is 382 g/mol. The Balaban J connectivity index is 2.09. The summed E-state index contributed by atoms with van der Waals surface area (Å²) in [6.07, 6.45) is 0. The molecule has 0 aromatic heterocycles. The number of carbonyl (C=O) groups excluding carboxylic acids is 2. The van der Waals surface area contributed by atoms with Crippen molar-refractivity contribution in [3.8, 4) is 11.5 Å². The van der Waals surface area contributed by atoms with E-state index in [2.05, 4.69) is 9.99 Å². The maximum Gasteiger partial charge on any atom is 0.331 e. The van der Waals surface area contributed by atoms with Gasteiger partial charge in [0.25, 0.3) is 0 Å². The third-order valence-corrected chi connectivity index (χ3v) is 4.47. The molecule has 0 radical (unpaired) electrons. The molecule has 0 bridgehead atoms. The molecule has 0 saturated heterocycles. The van der Waals surface area contributed by atoms with Gasteiger partial charge in [0.2, 0.25) is 5.78 Å². The van der Waals surface area contributed by atoms with Crippen LogP contribution in [0.3, 0.4) is 0 Å². The fraction of sp³-hybridized carbons (Fsp3) is 0.250. The van der Waals surface area contributed by atoms with Crippen LogP contribution in [0.25, 0.3) is 0 Å². The Bertz CT molecular complexity index is 863. The summed E-state index contributed by atoms with van der Waals surface area (Å²) in [5.74, 6) is 0.235. The number of Topliss-reactive ketones (excluding diaryl/α,β-unsaturated/α-hetero) is 1. The van der Waals surface area contributed by atoms with Crippen LogP contribution in [0.5, 0.6) is 11.5 Å². The van der Waals surface area contributed by atoms with E-state index >= 15 is 0 Å². The molecule has 28 heavy (non-hydrogen) atoms. The normalized spacial score (nSPS) is 11.1.